The lowest BCUT2D eigenvalue weighted by Gasteiger charge is -2.28. The van der Waals surface area contributed by atoms with Crippen LogP contribution in [0.3, 0.4) is 0 Å². The molecule has 0 saturated carbocycles. The van der Waals surface area contributed by atoms with Gasteiger partial charge in [-0.2, -0.15) is 0 Å². The minimum Gasteiger partial charge on any atom is -0.311 e. The fourth-order valence-electron chi connectivity index (χ4n) is 4.23. The second-order valence-electron chi connectivity index (χ2n) is 7.52. The van der Waals surface area contributed by atoms with Gasteiger partial charge in [0.2, 0.25) is 5.91 Å². The number of benzene rings is 1. The molecule has 0 aliphatic carbocycles. The number of carbonyl (C=O) groups excluding carboxylic acids is 1. The molecule has 2 saturated heterocycles. The number of rotatable bonds is 5. The number of halogens is 1. The van der Waals surface area contributed by atoms with E-state index in [4.69, 9.17) is 0 Å². The molecule has 2 unspecified atom stereocenters. The molecule has 2 aromatic rings. The number of nitrogens with one attached hydrogen (secondary N) is 2. The van der Waals surface area contributed by atoms with Gasteiger partial charge in [-0.3, -0.25) is 4.79 Å². The summed E-state index contributed by atoms with van der Waals surface area (Å²) in [7, 11) is 0. The van der Waals surface area contributed by atoms with E-state index in [-0.39, 0.29) is 11.7 Å². The van der Waals surface area contributed by atoms with Crippen molar-refractivity contribution in [2.45, 2.75) is 57.5 Å². The first-order valence-corrected chi connectivity index (χ1v) is 10.1. The van der Waals surface area contributed by atoms with E-state index in [2.05, 4.69) is 15.6 Å². The Bertz CT molecular complexity index is 794. The maximum absolute atomic E-state index is 13.9. The molecule has 4 rings (SSSR count). The molecule has 2 atom stereocenters. The predicted molar refractivity (Wildman–Crippen MR) is 102 cm³/mol. The zero-order chi connectivity index (χ0) is 18.1. The van der Waals surface area contributed by atoms with E-state index in [1.165, 1.54) is 30.2 Å². The molecule has 6 heteroatoms. The molecule has 26 heavy (non-hydrogen) atoms. The third-order valence-corrected chi connectivity index (χ3v) is 6.57. The van der Waals surface area contributed by atoms with Gasteiger partial charge in [-0.05, 0) is 50.2 Å². The second kappa shape index (κ2) is 7.45. The van der Waals surface area contributed by atoms with Crippen LogP contribution in [0, 0.1) is 18.7 Å². The number of aromatic nitrogens is 1. The number of carbonyl (C=O) groups is 1. The summed E-state index contributed by atoms with van der Waals surface area (Å²) in [4.78, 5) is 17.9. The van der Waals surface area contributed by atoms with E-state index in [0.29, 0.717) is 41.5 Å². The van der Waals surface area contributed by atoms with Gasteiger partial charge in [-0.15, -0.1) is 11.3 Å². The van der Waals surface area contributed by atoms with Crippen LogP contribution in [-0.4, -0.2) is 23.0 Å². The molecule has 4 nitrogen and oxygen atoms in total. The maximum atomic E-state index is 13.9. The highest BCUT2D eigenvalue weighted by molar-refractivity contribution is 7.15. The van der Waals surface area contributed by atoms with Gasteiger partial charge in [0, 0.05) is 29.8 Å². The van der Waals surface area contributed by atoms with Crippen molar-refractivity contribution >= 4 is 22.4 Å². The van der Waals surface area contributed by atoms with E-state index in [9.17, 15) is 9.18 Å². The molecule has 2 bridgehead atoms. The number of anilines is 1. The van der Waals surface area contributed by atoms with Gasteiger partial charge in [0.15, 0.2) is 5.13 Å². The van der Waals surface area contributed by atoms with Crippen molar-refractivity contribution in [3.8, 4) is 0 Å². The Labute approximate surface area is 157 Å². The van der Waals surface area contributed by atoms with Crippen LogP contribution in [0.15, 0.2) is 24.3 Å². The highest BCUT2D eigenvalue weighted by atomic mass is 32.1. The molecule has 2 N–H and O–H groups in total. The Kier molecular flexibility index (Phi) is 5.05. The van der Waals surface area contributed by atoms with E-state index in [1.54, 1.807) is 12.1 Å². The summed E-state index contributed by atoms with van der Waals surface area (Å²) in [6.07, 6.45) is 5.75. The van der Waals surface area contributed by atoms with Crippen LogP contribution in [-0.2, 0) is 11.2 Å². The summed E-state index contributed by atoms with van der Waals surface area (Å²) in [6.45, 7) is 1.91. The Hall–Kier alpha value is -1.79. The third kappa shape index (κ3) is 3.96. The number of fused-ring (bicyclic) bond motifs is 2. The van der Waals surface area contributed by atoms with Crippen molar-refractivity contribution in [2.75, 3.05) is 5.32 Å². The molecular formula is C20H24FN3OS. The molecule has 1 amide bonds. The molecular weight excluding hydrogens is 349 g/mol. The lowest BCUT2D eigenvalue weighted by molar-refractivity contribution is -0.117. The number of amides is 1. The lowest BCUT2D eigenvalue weighted by atomic mass is 9.89. The number of hydrogen-bond acceptors (Lipinski definition) is 4. The van der Waals surface area contributed by atoms with Crippen molar-refractivity contribution in [1.29, 1.82) is 0 Å². The topological polar surface area (TPSA) is 54.0 Å². The standard InChI is InChI=1S/C20H24FN3OS/c1-12-18(11-14-4-2-3-5-17(14)21)26-20(22-12)24-19(25)10-13-8-15-6-7-16(9-13)23-15/h2-5,13,15-16,23H,6-11H2,1H3,(H,22,24,25). The molecule has 3 heterocycles. The largest absolute Gasteiger partial charge is 0.311 e. The van der Waals surface area contributed by atoms with Crippen LogP contribution in [0.2, 0.25) is 0 Å². The van der Waals surface area contributed by atoms with Crippen molar-refractivity contribution in [3.63, 3.8) is 0 Å². The van der Waals surface area contributed by atoms with E-state index in [0.717, 1.165) is 23.4 Å². The third-order valence-electron chi connectivity index (χ3n) is 5.49. The first-order chi connectivity index (χ1) is 12.6. The van der Waals surface area contributed by atoms with E-state index in [1.807, 2.05) is 13.0 Å². The number of aryl methyl sites for hydroxylation is 1. The van der Waals surface area contributed by atoms with Crippen LogP contribution >= 0.6 is 11.3 Å². The summed E-state index contributed by atoms with van der Waals surface area (Å²) in [6, 6.07) is 7.99. The van der Waals surface area contributed by atoms with E-state index >= 15 is 0 Å². The lowest BCUT2D eigenvalue weighted by Crippen LogP contribution is -2.39. The first-order valence-electron chi connectivity index (χ1n) is 9.32. The number of thiazole rings is 1. The number of piperidine rings is 1. The normalized spacial score (nSPS) is 24.6. The average molecular weight is 373 g/mol. The summed E-state index contributed by atoms with van der Waals surface area (Å²) >= 11 is 1.44. The van der Waals surface area contributed by atoms with Gasteiger partial charge in [-0.25, -0.2) is 9.37 Å². The molecule has 1 aromatic heterocycles. The quantitative estimate of drug-likeness (QED) is 0.832. The summed E-state index contributed by atoms with van der Waals surface area (Å²) in [5.74, 6) is 0.307. The van der Waals surface area contributed by atoms with Crippen LogP contribution < -0.4 is 10.6 Å². The smallest absolute Gasteiger partial charge is 0.226 e. The minimum atomic E-state index is -0.202. The van der Waals surface area contributed by atoms with Gasteiger partial charge >= 0.3 is 0 Å². The summed E-state index contributed by atoms with van der Waals surface area (Å²) < 4.78 is 13.9. The van der Waals surface area contributed by atoms with Crippen molar-refractivity contribution in [3.05, 3.63) is 46.2 Å². The molecule has 138 valence electrons. The zero-order valence-corrected chi connectivity index (χ0v) is 15.7. The molecule has 0 radical (unpaired) electrons. The molecule has 2 fully saturated rings. The zero-order valence-electron chi connectivity index (χ0n) is 14.9. The maximum Gasteiger partial charge on any atom is 0.226 e. The van der Waals surface area contributed by atoms with Crippen LogP contribution in [0.25, 0.3) is 0 Å². The fourth-order valence-corrected chi connectivity index (χ4v) is 5.24. The van der Waals surface area contributed by atoms with Gasteiger partial charge in [0.1, 0.15) is 5.82 Å². The molecule has 1 aromatic carbocycles. The second-order valence-corrected chi connectivity index (χ2v) is 8.61. The Morgan fingerprint density at radius 1 is 1.31 bits per heavy atom. The van der Waals surface area contributed by atoms with Crippen molar-refractivity contribution in [1.82, 2.24) is 10.3 Å². The van der Waals surface area contributed by atoms with Gasteiger partial charge in [-0.1, -0.05) is 18.2 Å². The van der Waals surface area contributed by atoms with Crippen LogP contribution in [0.1, 0.15) is 48.2 Å². The van der Waals surface area contributed by atoms with Crippen molar-refractivity contribution < 1.29 is 9.18 Å². The van der Waals surface area contributed by atoms with Gasteiger partial charge in [0.05, 0.1) is 5.69 Å². The van der Waals surface area contributed by atoms with E-state index < -0.39 is 0 Å². The molecule has 0 spiro atoms. The Morgan fingerprint density at radius 2 is 2.04 bits per heavy atom. The summed E-state index contributed by atoms with van der Waals surface area (Å²) in [5, 5.41) is 7.19. The monoisotopic (exact) mass is 373 g/mol. The highest BCUT2D eigenvalue weighted by Gasteiger charge is 2.34. The van der Waals surface area contributed by atoms with Gasteiger partial charge in [0.25, 0.3) is 0 Å². The highest BCUT2D eigenvalue weighted by Crippen LogP contribution is 2.33. The Morgan fingerprint density at radius 3 is 2.77 bits per heavy atom. The Balaban J connectivity index is 1.36. The fraction of sp³-hybridized carbons (Fsp3) is 0.500. The van der Waals surface area contributed by atoms with Crippen LogP contribution in [0.5, 0.6) is 0 Å². The van der Waals surface area contributed by atoms with Crippen molar-refractivity contribution in [2.24, 2.45) is 5.92 Å². The van der Waals surface area contributed by atoms with Crippen LogP contribution in [0.4, 0.5) is 9.52 Å². The van der Waals surface area contributed by atoms with Gasteiger partial charge < -0.3 is 10.6 Å². The molecule has 2 aliphatic rings. The average Bonchev–Trinajstić information content (AvgIpc) is 3.11. The molecule has 2 aliphatic heterocycles. The number of hydrogen-bond donors (Lipinski definition) is 2. The summed E-state index contributed by atoms with van der Waals surface area (Å²) in [5.41, 5.74) is 1.51. The SMILES string of the molecule is Cc1nc(NC(=O)CC2CC3CCC(C2)N3)sc1Cc1ccccc1F. The first kappa shape index (κ1) is 17.6. The minimum absolute atomic E-state index is 0.0440. The number of nitrogens with zero attached hydrogens (tertiary/aromatic N) is 1. The predicted octanol–water partition coefficient (Wildman–Crippen LogP) is 4.04.